The van der Waals surface area contributed by atoms with Crippen molar-refractivity contribution >= 4 is 0 Å². The molecule has 2 rings (SSSR count). The van der Waals surface area contributed by atoms with E-state index in [1.165, 1.54) is 84.1 Å². The van der Waals surface area contributed by atoms with Crippen LogP contribution in [0.5, 0.6) is 0 Å². The minimum Gasteiger partial charge on any atom is -0.317 e. The molecule has 0 radical (unpaired) electrons. The van der Waals surface area contributed by atoms with Crippen LogP contribution >= 0.6 is 0 Å². The molecule has 0 saturated carbocycles. The van der Waals surface area contributed by atoms with E-state index in [9.17, 15) is 0 Å². The van der Waals surface area contributed by atoms with Gasteiger partial charge in [-0.25, -0.2) is 0 Å². The predicted octanol–water partition coefficient (Wildman–Crippen LogP) is 2.64. The number of likely N-dealkylation sites (tertiary alicyclic amines) is 1. The van der Waals surface area contributed by atoms with E-state index in [2.05, 4.69) is 10.2 Å². The first-order valence-corrected chi connectivity index (χ1v) is 7.38. The summed E-state index contributed by atoms with van der Waals surface area (Å²) in [5.41, 5.74) is 0. The lowest BCUT2D eigenvalue weighted by atomic mass is 9.92. The number of rotatable bonds is 5. The molecule has 0 aromatic rings. The number of nitrogens with zero attached hydrogens (tertiary/aromatic N) is 1. The fraction of sp³-hybridized carbons (Fsp3) is 1.00. The van der Waals surface area contributed by atoms with Crippen LogP contribution in [0.3, 0.4) is 0 Å². The van der Waals surface area contributed by atoms with Crippen LogP contribution in [0.1, 0.15) is 51.4 Å². The molecule has 2 nitrogen and oxygen atoms in total. The number of nitrogens with one attached hydrogen (secondary N) is 1. The quantitative estimate of drug-likeness (QED) is 0.722. The summed E-state index contributed by atoms with van der Waals surface area (Å²) >= 11 is 0. The van der Waals surface area contributed by atoms with Crippen LogP contribution in [-0.2, 0) is 0 Å². The van der Waals surface area contributed by atoms with Gasteiger partial charge in [0, 0.05) is 0 Å². The number of unbranched alkanes of at least 4 members (excludes halogenated alkanes) is 1. The second-order valence-corrected chi connectivity index (χ2v) is 5.59. The Morgan fingerprint density at radius 1 is 0.938 bits per heavy atom. The van der Waals surface area contributed by atoms with Crippen molar-refractivity contribution in [2.24, 2.45) is 5.92 Å². The largest absolute Gasteiger partial charge is 0.317 e. The Kier molecular flexibility index (Phi) is 5.64. The minimum absolute atomic E-state index is 1.03. The summed E-state index contributed by atoms with van der Waals surface area (Å²) in [6.45, 7) is 6.62. The van der Waals surface area contributed by atoms with Crippen molar-refractivity contribution in [2.75, 3.05) is 32.7 Å². The Balaban J connectivity index is 1.47. The van der Waals surface area contributed by atoms with Gasteiger partial charge >= 0.3 is 0 Å². The van der Waals surface area contributed by atoms with Gasteiger partial charge in [-0.15, -0.1) is 0 Å². The van der Waals surface area contributed by atoms with Crippen LogP contribution in [0.2, 0.25) is 0 Å². The maximum Gasteiger partial charge on any atom is -0.00187 e. The molecule has 2 saturated heterocycles. The lowest BCUT2D eigenvalue weighted by molar-refractivity contribution is 0.221. The fourth-order valence-electron chi connectivity index (χ4n) is 3.12. The fourth-order valence-corrected chi connectivity index (χ4v) is 3.12. The minimum atomic E-state index is 1.03. The van der Waals surface area contributed by atoms with Gasteiger partial charge in [-0.2, -0.15) is 0 Å². The van der Waals surface area contributed by atoms with Crippen LogP contribution < -0.4 is 5.32 Å². The maximum atomic E-state index is 3.45. The zero-order valence-electron chi connectivity index (χ0n) is 10.7. The summed E-state index contributed by atoms with van der Waals surface area (Å²) in [6, 6.07) is 0. The molecular weight excluding hydrogens is 196 g/mol. The van der Waals surface area contributed by atoms with Crippen molar-refractivity contribution in [2.45, 2.75) is 51.4 Å². The topological polar surface area (TPSA) is 15.3 Å². The normalized spacial score (nSPS) is 24.8. The van der Waals surface area contributed by atoms with Crippen molar-refractivity contribution in [3.63, 3.8) is 0 Å². The third kappa shape index (κ3) is 4.42. The van der Waals surface area contributed by atoms with E-state index in [1.54, 1.807) is 0 Å². The van der Waals surface area contributed by atoms with Crippen LogP contribution in [0, 0.1) is 5.92 Å². The average molecular weight is 224 g/mol. The molecule has 0 spiro atoms. The SMILES string of the molecule is C1CCN(CCCCC2CCNCC2)CC1. The van der Waals surface area contributed by atoms with E-state index in [0.717, 1.165) is 5.92 Å². The standard InChI is InChI=1S/C14H28N2/c1-3-11-16(12-4-1)13-5-2-6-14-7-9-15-10-8-14/h14-15H,1-13H2. The maximum absolute atomic E-state index is 3.45. The Morgan fingerprint density at radius 2 is 1.69 bits per heavy atom. The molecule has 0 bridgehead atoms. The van der Waals surface area contributed by atoms with Gasteiger partial charge in [-0.1, -0.05) is 19.3 Å². The van der Waals surface area contributed by atoms with Gasteiger partial charge in [0.15, 0.2) is 0 Å². The molecular formula is C14H28N2. The van der Waals surface area contributed by atoms with Crippen molar-refractivity contribution in [3.8, 4) is 0 Å². The van der Waals surface area contributed by atoms with Crippen molar-refractivity contribution in [1.29, 1.82) is 0 Å². The summed E-state index contributed by atoms with van der Waals surface area (Å²) in [6.07, 6.45) is 11.6. The molecule has 2 aliphatic rings. The summed E-state index contributed by atoms with van der Waals surface area (Å²) in [4.78, 5) is 2.67. The molecule has 16 heavy (non-hydrogen) atoms. The summed E-state index contributed by atoms with van der Waals surface area (Å²) in [7, 11) is 0. The van der Waals surface area contributed by atoms with E-state index < -0.39 is 0 Å². The second kappa shape index (κ2) is 7.29. The highest BCUT2D eigenvalue weighted by molar-refractivity contribution is 4.69. The van der Waals surface area contributed by atoms with Crippen LogP contribution in [0.15, 0.2) is 0 Å². The zero-order valence-corrected chi connectivity index (χ0v) is 10.7. The number of hydrogen-bond acceptors (Lipinski definition) is 2. The van der Waals surface area contributed by atoms with Gasteiger partial charge in [0.1, 0.15) is 0 Å². The highest BCUT2D eigenvalue weighted by Crippen LogP contribution is 2.19. The van der Waals surface area contributed by atoms with Crippen LogP contribution in [0.4, 0.5) is 0 Å². The van der Waals surface area contributed by atoms with E-state index in [0.29, 0.717) is 0 Å². The molecule has 0 aliphatic carbocycles. The van der Waals surface area contributed by atoms with Gasteiger partial charge in [0.05, 0.1) is 0 Å². The first-order valence-electron chi connectivity index (χ1n) is 7.38. The third-order valence-corrected chi connectivity index (χ3v) is 4.24. The van der Waals surface area contributed by atoms with Crippen molar-refractivity contribution < 1.29 is 0 Å². The van der Waals surface area contributed by atoms with Gasteiger partial charge < -0.3 is 10.2 Å². The Hall–Kier alpha value is -0.0800. The van der Waals surface area contributed by atoms with Gasteiger partial charge in [-0.3, -0.25) is 0 Å². The second-order valence-electron chi connectivity index (χ2n) is 5.59. The van der Waals surface area contributed by atoms with Crippen LogP contribution in [-0.4, -0.2) is 37.6 Å². The van der Waals surface area contributed by atoms with Crippen molar-refractivity contribution in [3.05, 3.63) is 0 Å². The highest BCUT2D eigenvalue weighted by Gasteiger charge is 2.13. The molecule has 1 N–H and O–H groups in total. The van der Waals surface area contributed by atoms with Gasteiger partial charge in [0.25, 0.3) is 0 Å². The van der Waals surface area contributed by atoms with Crippen LogP contribution in [0.25, 0.3) is 0 Å². The predicted molar refractivity (Wildman–Crippen MR) is 69.7 cm³/mol. The smallest absolute Gasteiger partial charge is 0.00187 e. The van der Waals surface area contributed by atoms with Gasteiger partial charge in [-0.05, 0) is 70.7 Å². The summed E-state index contributed by atoms with van der Waals surface area (Å²) in [5.74, 6) is 1.03. The molecule has 0 aromatic heterocycles. The first kappa shape index (κ1) is 12.4. The van der Waals surface area contributed by atoms with Gasteiger partial charge in [0.2, 0.25) is 0 Å². The summed E-state index contributed by atoms with van der Waals surface area (Å²) in [5, 5.41) is 3.45. The van der Waals surface area contributed by atoms with E-state index >= 15 is 0 Å². The lowest BCUT2D eigenvalue weighted by Crippen LogP contribution is -2.31. The number of hydrogen-bond donors (Lipinski definition) is 1. The Bertz CT molecular complexity index is 150. The molecule has 2 aliphatic heterocycles. The molecule has 0 unspecified atom stereocenters. The third-order valence-electron chi connectivity index (χ3n) is 4.24. The first-order chi connectivity index (χ1) is 7.95. The molecule has 0 amide bonds. The molecule has 2 heteroatoms. The molecule has 94 valence electrons. The highest BCUT2D eigenvalue weighted by atomic mass is 15.1. The van der Waals surface area contributed by atoms with E-state index in [-0.39, 0.29) is 0 Å². The average Bonchev–Trinajstić information content (AvgIpc) is 2.37. The lowest BCUT2D eigenvalue weighted by Gasteiger charge is -2.27. The molecule has 0 aromatic carbocycles. The zero-order chi connectivity index (χ0) is 11.1. The molecule has 2 fully saturated rings. The Morgan fingerprint density at radius 3 is 2.44 bits per heavy atom. The Labute approximate surface area is 101 Å². The van der Waals surface area contributed by atoms with E-state index in [4.69, 9.17) is 0 Å². The summed E-state index contributed by atoms with van der Waals surface area (Å²) < 4.78 is 0. The van der Waals surface area contributed by atoms with Crippen molar-refractivity contribution in [1.82, 2.24) is 10.2 Å². The monoisotopic (exact) mass is 224 g/mol. The molecule has 2 heterocycles. The number of piperidine rings is 2. The molecule has 0 atom stereocenters. The van der Waals surface area contributed by atoms with E-state index in [1.807, 2.05) is 0 Å².